The number of hydrogen-bond donors (Lipinski definition) is 2. The highest BCUT2D eigenvalue weighted by Crippen LogP contribution is 2.25. The van der Waals surface area contributed by atoms with Crippen LogP contribution in [0.5, 0.6) is 0 Å². The highest BCUT2D eigenvalue weighted by Gasteiger charge is 2.22. The van der Waals surface area contributed by atoms with Crippen LogP contribution in [0.1, 0.15) is 69.1 Å². The van der Waals surface area contributed by atoms with E-state index in [1.807, 2.05) is 6.92 Å². The monoisotopic (exact) mass is 327 g/mol. The van der Waals surface area contributed by atoms with Crippen molar-refractivity contribution in [3.05, 3.63) is 52.6 Å². The van der Waals surface area contributed by atoms with Gasteiger partial charge in [-0.2, -0.15) is 0 Å². The summed E-state index contributed by atoms with van der Waals surface area (Å²) >= 11 is 0. The summed E-state index contributed by atoms with van der Waals surface area (Å²) in [6.07, 6.45) is 16.5. The summed E-state index contributed by atoms with van der Waals surface area (Å²) in [5, 5.41) is 9.50. The molecule has 1 unspecified atom stereocenters. The number of nitrogens with two attached hydrogens (primary N) is 1. The number of aliphatic hydroxyl groups excluding tert-OH is 1. The van der Waals surface area contributed by atoms with Gasteiger partial charge in [0.2, 0.25) is 0 Å². The van der Waals surface area contributed by atoms with Gasteiger partial charge in [-0.15, -0.1) is 0 Å². The summed E-state index contributed by atoms with van der Waals surface area (Å²) in [4.78, 5) is 0. The maximum absolute atomic E-state index is 9.50. The van der Waals surface area contributed by atoms with Crippen LogP contribution in [0.2, 0.25) is 0 Å². The van der Waals surface area contributed by atoms with Crippen LogP contribution in [0.25, 0.3) is 6.08 Å². The number of hydrogen-bond acceptors (Lipinski definition) is 2. The Morgan fingerprint density at radius 3 is 2.62 bits per heavy atom. The van der Waals surface area contributed by atoms with Crippen molar-refractivity contribution < 1.29 is 5.11 Å². The fourth-order valence-electron chi connectivity index (χ4n) is 3.22. The molecule has 0 heterocycles. The molecular formula is C22H33NO. The Morgan fingerprint density at radius 1 is 1.12 bits per heavy atom. The Balaban J connectivity index is 1.99. The van der Waals surface area contributed by atoms with E-state index in [4.69, 9.17) is 5.73 Å². The third-order valence-electron chi connectivity index (χ3n) is 4.96. The molecule has 0 saturated heterocycles. The lowest BCUT2D eigenvalue weighted by Gasteiger charge is -2.23. The van der Waals surface area contributed by atoms with Gasteiger partial charge in [0.15, 0.2) is 0 Å². The molecule has 132 valence electrons. The highest BCUT2D eigenvalue weighted by atomic mass is 16.3. The van der Waals surface area contributed by atoms with E-state index >= 15 is 0 Å². The molecule has 0 spiro atoms. The summed E-state index contributed by atoms with van der Waals surface area (Å²) in [6, 6.07) is 6.80. The van der Waals surface area contributed by atoms with Crippen LogP contribution in [-0.4, -0.2) is 17.3 Å². The van der Waals surface area contributed by atoms with Crippen molar-refractivity contribution >= 4 is 6.08 Å². The Bertz CT molecular complexity index is 584. The van der Waals surface area contributed by atoms with Crippen molar-refractivity contribution in [1.29, 1.82) is 0 Å². The zero-order valence-electron chi connectivity index (χ0n) is 15.4. The van der Waals surface area contributed by atoms with E-state index in [1.165, 1.54) is 61.6 Å². The third kappa shape index (κ3) is 5.32. The predicted octanol–water partition coefficient (Wildman–Crippen LogP) is 4.80. The van der Waals surface area contributed by atoms with E-state index in [0.717, 1.165) is 12.0 Å². The summed E-state index contributed by atoms with van der Waals surface area (Å²) in [5.74, 6) is 0. The van der Waals surface area contributed by atoms with Crippen LogP contribution in [0.15, 0.2) is 35.9 Å². The molecule has 2 heteroatoms. The minimum atomic E-state index is -0.685. The average molecular weight is 328 g/mol. The maximum atomic E-state index is 9.50. The molecule has 0 bridgehead atoms. The number of fused-ring (bicyclic) bond motifs is 1. The topological polar surface area (TPSA) is 46.2 Å². The van der Waals surface area contributed by atoms with Gasteiger partial charge < -0.3 is 10.8 Å². The molecule has 2 nitrogen and oxygen atoms in total. The lowest BCUT2D eigenvalue weighted by molar-refractivity contribution is 0.234. The van der Waals surface area contributed by atoms with Gasteiger partial charge in [0.25, 0.3) is 0 Å². The Hall–Kier alpha value is -1.38. The van der Waals surface area contributed by atoms with Gasteiger partial charge in [-0.3, -0.25) is 0 Å². The second-order valence-electron chi connectivity index (χ2n) is 7.33. The quantitative estimate of drug-likeness (QED) is 0.640. The summed E-state index contributed by atoms with van der Waals surface area (Å²) < 4.78 is 0. The smallest absolute Gasteiger partial charge is 0.0650 e. The molecule has 1 aliphatic rings. The van der Waals surface area contributed by atoms with Crippen molar-refractivity contribution in [2.24, 2.45) is 5.73 Å². The zero-order valence-corrected chi connectivity index (χ0v) is 15.4. The number of unbranched alkanes of at least 4 members (excludes halogenated alkanes) is 5. The number of aryl methyl sites for hydroxylation is 1. The molecule has 0 radical (unpaired) electrons. The van der Waals surface area contributed by atoms with E-state index in [-0.39, 0.29) is 6.61 Å². The zero-order chi connectivity index (χ0) is 17.4. The minimum absolute atomic E-state index is 0.0470. The van der Waals surface area contributed by atoms with Crippen LogP contribution in [0.3, 0.4) is 0 Å². The Morgan fingerprint density at radius 2 is 1.88 bits per heavy atom. The van der Waals surface area contributed by atoms with E-state index < -0.39 is 5.54 Å². The molecule has 0 fully saturated rings. The Labute approximate surface area is 147 Å². The first kappa shape index (κ1) is 19.0. The molecule has 1 atom stereocenters. The number of allylic oxidation sites excluding steroid dienone is 1. The normalized spacial score (nSPS) is 16.2. The Kier molecular flexibility index (Phi) is 7.26. The molecule has 1 aromatic carbocycles. The van der Waals surface area contributed by atoms with Crippen molar-refractivity contribution in [2.75, 3.05) is 6.61 Å². The van der Waals surface area contributed by atoms with Crippen molar-refractivity contribution in [3.63, 3.8) is 0 Å². The molecule has 1 aromatic rings. The SMILES string of the molecule is CCCCCCCCc1ccc2c(c1)CC=CC(C(C)(N)CO)=C2. The first-order chi connectivity index (χ1) is 11.6. The van der Waals surface area contributed by atoms with Gasteiger partial charge in [-0.25, -0.2) is 0 Å². The lowest BCUT2D eigenvalue weighted by atomic mass is 9.91. The third-order valence-corrected chi connectivity index (χ3v) is 4.96. The van der Waals surface area contributed by atoms with Gasteiger partial charge in [0.1, 0.15) is 0 Å². The lowest BCUT2D eigenvalue weighted by Crippen LogP contribution is -2.41. The summed E-state index contributed by atoms with van der Waals surface area (Å²) in [6.45, 7) is 4.09. The highest BCUT2D eigenvalue weighted by molar-refractivity contribution is 5.64. The molecule has 0 amide bonds. The molecule has 24 heavy (non-hydrogen) atoms. The summed E-state index contributed by atoms with van der Waals surface area (Å²) in [7, 11) is 0. The maximum Gasteiger partial charge on any atom is 0.0650 e. The van der Waals surface area contributed by atoms with Gasteiger partial charge in [-0.1, -0.05) is 69.4 Å². The van der Waals surface area contributed by atoms with Crippen LogP contribution in [0, 0.1) is 0 Å². The van der Waals surface area contributed by atoms with Crippen molar-refractivity contribution in [1.82, 2.24) is 0 Å². The second kappa shape index (κ2) is 9.19. The van der Waals surface area contributed by atoms with E-state index in [2.05, 4.69) is 43.4 Å². The van der Waals surface area contributed by atoms with E-state index in [9.17, 15) is 5.11 Å². The number of rotatable bonds is 9. The first-order valence-electron chi connectivity index (χ1n) is 9.47. The van der Waals surface area contributed by atoms with Gasteiger partial charge in [0, 0.05) is 0 Å². The van der Waals surface area contributed by atoms with E-state index in [1.54, 1.807) is 0 Å². The first-order valence-corrected chi connectivity index (χ1v) is 9.47. The molecule has 0 saturated carbocycles. The fourth-order valence-corrected chi connectivity index (χ4v) is 3.22. The standard InChI is InChI=1S/C22H33NO/c1-3-4-5-6-7-8-10-18-13-14-20-16-21(22(2,23)17-24)12-9-11-19(20)15-18/h9,12-16,24H,3-8,10-11,17,23H2,1-2H3. The largest absolute Gasteiger partial charge is 0.394 e. The second-order valence-corrected chi connectivity index (χ2v) is 7.33. The molecule has 1 aliphatic carbocycles. The fraction of sp³-hybridized carbons (Fsp3) is 0.545. The van der Waals surface area contributed by atoms with Crippen molar-refractivity contribution in [3.8, 4) is 0 Å². The minimum Gasteiger partial charge on any atom is -0.394 e. The molecular weight excluding hydrogens is 294 g/mol. The summed E-state index contributed by atoms with van der Waals surface area (Å²) in [5.41, 5.74) is 10.5. The van der Waals surface area contributed by atoms with Crippen molar-refractivity contribution in [2.45, 2.75) is 70.8 Å². The molecule has 0 aliphatic heterocycles. The van der Waals surface area contributed by atoms with Gasteiger partial charge >= 0.3 is 0 Å². The van der Waals surface area contributed by atoms with Gasteiger partial charge in [-0.05, 0) is 54.5 Å². The molecule has 0 aromatic heterocycles. The van der Waals surface area contributed by atoms with Crippen LogP contribution < -0.4 is 5.73 Å². The van der Waals surface area contributed by atoms with Crippen LogP contribution in [-0.2, 0) is 12.8 Å². The van der Waals surface area contributed by atoms with Crippen LogP contribution in [0.4, 0.5) is 0 Å². The van der Waals surface area contributed by atoms with E-state index in [0.29, 0.717) is 0 Å². The van der Waals surface area contributed by atoms with Gasteiger partial charge in [0.05, 0.1) is 12.1 Å². The predicted molar refractivity (Wildman–Crippen MR) is 104 cm³/mol. The average Bonchev–Trinajstić information content (AvgIpc) is 2.80. The number of aliphatic hydroxyl groups is 1. The molecule has 3 N–H and O–H groups in total. The molecule has 2 rings (SSSR count). The van der Waals surface area contributed by atoms with Crippen LogP contribution >= 0.6 is 0 Å². The number of benzene rings is 1.